The van der Waals surface area contributed by atoms with E-state index in [1.165, 1.54) is 24.7 Å². The molecular formula is C18H19NO3. The van der Waals surface area contributed by atoms with Crippen molar-refractivity contribution in [1.82, 2.24) is 0 Å². The molecule has 0 saturated heterocycles. The number of nitrogens with two attached hydrogens (primary N) is 1. The van der Waals surface area contributed by atoms with Crippen molar-refractivity contribution >= 4 is 11.7 Å². The van der Waals surface area contributed by atoms with E-state index in [0.717, 1.165) is 24.2 Å². The molecule has 0 aromatic heterocycles. The predicted octanol–water partition coefficient (Wildman–Crippen LogP) is 3.12. The monoisotopic (exact) mass is 297 g/mol. The molecule has 0 atom stereocenters. The maximum Gasteiger partial charge on any atom is 0.337 e. The van der Waals surface area contributed by atoms with Gasteiger partial charge in [-0.25, -0.2) is 4.79 Å². The minimum atomic E-state index is -0.338. The van der Waals surface area contributed by atoms with Gasteiger partial charge in [0, 0.05) is 0 Å². The van der Waals surface area contributed by atoms with Crippen molar-refractivity contribution < 1.29 is 14.3 Å². The van der Waals surface area contributed by atoms with E-state index in [1.54, 1.807) is 12.1 Å². The van der Waals surface area contributed by atoms with Crippen LogP contribution in [0.1, 0.15) is 33.5 Å². The summed E-state index contributed by atoms with van der Waals surface area (Å²) < 4.78 is 10.5. The number of rotatable bonds is 4. The van der Waals surface area contributed by atoms with Gasteiger partial charge in [-0.15, -0.1) is 0 Å². The number of methoxy groups -OCH3 is 1. The fraction of sp³-hybridized carbons (Fsp3) is 0.278. The van der Waals surface area contributed by atoms with Crippen molar-refractivity contribution in [2.24, 2.45) is 0 Å². The fourth-order valence-corrected chi connectivity index (χ4v) is 2.76. The number of hydrogen-bond donors (Lipinski definition) is 1. The maximum absolute atomic E-state index is 11.4. The second-order valence-corrected chi connectivity index (χ2v) is 5.49. The van der Waals surface area contributed by atoms with E-state index in [-0.39, 0.29) is 5.97 Å². The van der Waals surface area contributed by atoms with Crippen molar-refractivity contribution in [3.63, 3.8) is 0 Å². The highest BCUT2D eigenvalue weighted by atomic mass is 16.5. The molecule has 0 saturated carbocycles. The Labute approximate surface area is 129 Å². The van der Waals surface area contributed by atoms with Crippen LogP contribution in [0.3, 0.4) is 0 Å². The molecule has 2 N–H and O–H groups in total. The highest BCUT2D eigenvalue weighted by Crippen LogP contribution is 2.32. The number of anilines is 1. The van der Waals surface area contributed by atoms with Crippen LogP contribution in [0.15, 0.2) is 36.4 Å². The molecule has 0 fully saturated rings. The van der Waals surface area contributed by atoms with Gasteiger partial charge < -0.3 is 15.2 Å². The van der Waals surface area contributed by atoms with E-state index in [4.69, 9.17) is 10.5 Å². The molecule has 0 spiro atoms. The minimum absolute atomic E-state index is 0.338. The van der Waals surface area contributed by atoms with Gasteiger partial charge in [0.05, 0.1) is 18.4 Å². The number of carbonyl (C=O) groups is 1. The molecule has 114 valence electrons. The molecule has 0 aliphatic heterocycles. The zero-order valence-electron chi connectivity index (χ0n) is 12.6. The number of aryl methyl sites for hydroxylation is 2. The van der Waals surface area contributed by atoms with Gasteiger partial charge >= 0.3 is 5.97 Å². The number of carbonyl (C=O) groups excluding carboxylic acids is 1. The normalized spacial score (nSPS) is 12.8. The summed E-state index contributed by atoms with van der Waals surface area (Å²) in [4.78, 5) is 11.4. The summed E-state index contributed by atoms with van der Waals surface area (Å²) in [6, 6.07) is 11.3. The summed E-state index contributed by atoms with van der Waals surface area (Å²) >= 11 is 0. The highest BCUT2D eigenvalue weighted by Gasteiger charge is 2.14. The second-order valence-electron chi connectivity index (χ2n) is 5.49. The van der Waals surface area contributed by atoms with Crippen LogP contribution in [0, 0.1) is 0 Å². The molecule has 3 rings (SSSR count). The Balaban J connectivity index is 1.69. The molecule has 2 aromatic carbocycles. The number of nitrogen functional groups attached to an aromatic ring is 1. The SMILES string of the molecule is COC(=O)c1ccc(COc2cc3c(cc2N)CCC3)cc1. The Hall–Kier alpha value is -2.49. The van der Waals surface area contributed by atoms with E-state index in [2.05, 4.69) is 10.8 Å². The Morgan fingerprint density at radius 1 is 1.14 bits per heavy atom. The molecular weight excluding hydrogens is 278 g/mol. The lowest BCUT2D eigenvalue weighted by Gasteiger charge is -2.11. The molecule has 22 heavy (non-hydrogen) atoms. The first-order valence-electron chi connectivity index (χ1n) is 7.38. The molecule has 1 aliphatic rings. The number of benzene rings is 2. The standard InChI is InChI=1S/C18H19NO3/c1-21-18(20)13-7-5-12(6-8-13)11-22-17-10-15-4-2-3-14(15)9-16(17)19/h5-10H,2-4,11,19H2,1H3. The van der Waals surface area contributed by atoms with Gasteiger partial charge in [0.15, 0.2) is 0 Å². The molecule has 1 aliphatic carbocycles. The Morgan fingerprint density at radius 3 is 2.50 bits per heavy atom. The van der Waals surface area contributed by atoms with E-state index >= 15 is 0 Å². The Bertz CT molecular complexity index is 692. The van der Waals surface area contributed by atoms with Crippen LogP contribution in [-0.2, 0) is 24.2 Å². The van der Waals surface area contributed by atoms with Crippen molar-refractivity contribution in [2.45, 2.75) is 25.9 Å². The first-order chi connectivity index (χ1) is 10.7. The van der Waals surface area contributed by atoms with Gasteiger partial charge in [0.25, 0.3) is 0 Å². The maximum atomic E-state index is 11.4. The van der Waals surface area contributed by atoms with Crippen LogP contribution in [0.4, 0.5) is 5.69 Å². The lowest BCUT2D eigenvalue weighted by Crippen LogP contribution is -2.03. The van der Waals surface area contributed by atoms with Gasteiger partial charge in [-0.2, -0.15) is 0 Å². The van der Waals surface area contributed by atoms with Crippen molar-refractivity contribution in [3.05, 3.63) is 58.7 Å². The smallest absolute Gasteiger partial charge is 0.337 e. The van der Waals surface area contributed by atoms with Gasteiger partial charge in [-0.3, -0.25) is 0 Å². The third-order valence-corrected chi connectivity index (χ3v) is 3.99. The van der Waals surface area contributed by atoms with Crippen LogP contribution >= 0.6 is 0 Å². The average molecular weight is 297 g/mol. The van der Waals surface area contributed by atoms with E-state index in [1.807, 2.05) is 18.2 Å². The Morgan fingerprint density at radius 2 is 1.82 bits per heavy atom. The van der Waals surface area contributed by atoms with Crippen LogP contribution in [0.5, 0.6) is 5.75 Å². The molecule has 0 unspecified atom stereocenters. The van der Waals surface area contributed by atoms with Gasteiger partial charge in [0.2, 0.25) is 0 Å². The Kier molecular flexibility index (Phi) is 4.00. The predicted molar refractivity (Wildman–Crippen MR) is 85.0 cm³/mol. The first kappa shape index (κ1) is 14.4. The number of fused-ring (bicyclic) bond motifs is 1. The van der Waals surface area contributed by atoms with E-state index in [9.17, 15) is 4.79 Å². The van der Waals surface area contributed by atoms with E-state index < -0.39 is 0 Å². The highest BCUT2D eigenvalue weighted by molar-refractivity contribution is 5.89. The summed E-state index contributed by atoms with van der Waals surface area (Å²) in [5.74, 6) is 0.396. The summed E-state index contributed by atoms with van der Waals surface area (Å²) in [5, 5.41) is 0. The summed E-state index contributed by atoms with van der Waals surface area (Å²) in [6.45, 7) is 0.421. The molecule has 0 radical (unpaired) electrons. The molecule has 0 amide bonds. The molecule has 4 nitrogen and oxygen atoms in total. The third kappa shape index (κ3) is 2.91. The molecule has 0 bridgehead atoms. The lowest BCUT2D eigenvalue weighted by molar-refractivity contribution is 0.0600. The van der Waals surface area contributed by atoms with Crippen molar-refractivity contribution in [2.75, 3.05) is 12.8 Å². The average Bonchev–Trinajstić information content (AvgIpc) is 2.99. The molecule has 2 aromatic rings. The van der Waals surface area contributed by atoms with Gasteiger partial charge in [-0.05, 0) is 60.2 Å². The van der Waals surface area contributed by atoms with E-state index in [0.29, 0.717) is 17.9 Å². The summed E-state index contributed by atoms with van der Waals surface area (Å²) in [5.41, 5.74) is 10.9. The number of ether oxygens (including phenoxy) is 2. The number of esters is 1. The summed E-state index contributed by atoms with van der Waals surface area (Å²) in [6.07, 6.45) is 3.39. The van der Waals surface area contributed by atoms with Gasteiger partial charge in [-0.1, -0.05) is 12.1 Å². The first-order valence-corrected chi connectivity index (χ1v) is 7.38. The quantitative estimate of drug-likeness (QED) is 0.695. The topological polar surface area (TPSA) is 61.5 Å². The fourth-order valence-electron chi connectivity index (χ4n) is 2.76. The van der Waals surface area contributed by atoms with Crippen LogP contribution in [0.25, 0.3) is 0 Å². The van der Waals surface area contributed by atoms with Crippen molar-refractivity contribution in [1.29, 1.82) is 0 Å². The molecule has 4 heteroatoms. The largest absolute Gasteiger partial charge is 0.487 e. The summed E-state index contributed by atoms with van der Waals surface area (Å²) in [7, 11) is 1.37. The number of hydrogen-bond acceptors (Lipinski definition) is 4. The van der Waals surface area contributed by atoms with Crippen LogP contribution in [0.2, 0.25) is 0 Å². The van der Waals surface area contributed by atoms with Gasteiger partial charge in [0.1, 0.15) is 12.4 Å². The van der Waals surface area contributed by atoms with Crippen molar-refractivity contribution in [3.8, 4) is 5.75 Å². The zero-order valence-corrected chi connectivity index (χ0v) is 12.6. The minimum Gasteiger partial charge on any atom is -0.487 e. The second kappa shape index (κ2) is 6.10. The third-order valence-electron chi connectivity index (χ3n) is 3.99. The van der Waals surface area contributed by atoms with Crippen LogP contribution in [-0.4, -0.2) is 13.1 Å². The lowest BCUT2D eigenvalue weighted by atomic mass is 10.1. The molecule has 0 heterocycles. The zero-order chi connectivity index (χ0) is 15.5. The van der Waals surface area contributed by atoms with Crippen LogP contribution < -0.4 is 10.5 Å².